The number of aromatic nitrogens is 1. The van der Waals surface area contributed by atoms with E-state index in [1.807, 2.05) is 36.4 Å². The Bertz CT molecular complexity index is 584. The third kappa shape index (κ3) is 4.39. The van der Waals surface area contributed by atoms with Crippen LogP contribution in [-0.4, -0.2) is 16.9 Å². The molecule has 2 rings (SSSR count). The van der Waals surface area contributed by atoms with Crippen LogP contribution in [0.2, 0.25) is 0 Å². The molecule has 110 valence electrons. The average molecular weight is 283 g/mol. The monoisotopic (exact) mass is 283 g/mol. The number of hydrogen-bond donors (Lipinski definition) is 2. The molecule has 0 spiro atoms. The van der Waals surface area contributed by atoms with Crippen LogP contribution in [0.1, 0.15) is 23.7 Å². The van der Waals surface area contributed by atoms with Gasteiger partial charge in [-0.15, -0.1) is 0 Å². The van der Waals surface area contributed by atoms with Crippen molar-refractivity contribution in [3.8, 4) is 0 Å². The second-order valence-corrected chi connectivity index (χ2v) is 4.97. The van der Waals surface area contributed by atoms with Crippen molar-refractivity contribution in [2.75, 3.05) is 0 Å². The van der Waals surface area contributed by atoms with Gasteiger partial charge in [0.1, 0.15) is 0 Å². The van der Waals surface area contributed by atoms with Gasteiger partial charge in [0.15, 0.2) is 0 Å². The number of benzene rings is 1. The van der Waals surface area contributed by atoms with Gasteiger partial charge in [-0.25, -0.2) is 0 Å². The summed E-state index contributed by atoms with van der Waals surface area (Å²) in [5.74, 6) is -0.147. The Balaban J connectivity index is 1.89. The topological polar surface area (TPSA) is 68.0 Å². The van der Waals surface area contributed by atoms with Crippen LogP contribution in [0, 0.1) is 0 Å². The molecule has 0 saturated carbocycles. The Morgan fingerprint density at radius 1 is 1.19 bits per heavy atom. The molecule has 0 aliphatic carbocycles. The Labute approximate surface area is 125 Å². The maximum absolute atomic E-state index is 12.1. The zero-order valence-corrected chi connectivity index (χ0v) is 12.3. The molecule has 3 N–H and O–H groups in total. The predicted octanol–water partition coefficient (Wildman–Crippen LogP) is 1.83. The fourth-order valence-corrected chi connectivity index (χ4v) is 2.23. The number of rotatable bonds is 6. The summed E-state index contributed by atoms with van der Waals surface area (Å²) in [5.41, 5.74) is 9.14. The van der Waals surface area contributed by atoms with Crippen LogP contribution in [0.25, 0.3) is 0 Å². The number of hydrogen-bond acceptors (Lipinski definition) is 3. The molecule has 0 bridgehead atoms. The number of pyridine rings is 1. The molecule has 0 fully saturated rings. The number of nitrogens with two attached hydrogens (primary N) is 1. The maximum atomic E-state index is 12.1. The van der Waals surface area contributed by atoms with Crippen LogP contribution in [-0.2, 0) is 24.2 Å². The molecule has 1 aromatic heterocycles. The SMILES string of the molecule is CCc1ccccc1CNC(=O)[C@@H](N)Cc1ccccn1. The van der Waals surface area contributed by atoms with Crippen molar-refractivity contribution in [2.45, 2.75) is 32.4 Å². The Hall–Kier alpha value is -2.20. The van der Waals surface area contributed by atoms with E-state index in [1.165, 1.54) is 5.56 Å². The van der Waals surface area contributed by atoms with Crippen molar-refractivity contribution in [1.82, 2.24) is 10.3 Å². The molecule has 2 aromatic rings. The van der Waals surface area contributed by atoms with Crippen molar-refractivity contribution in [2.24, 2.45) is 5.73 Å². The lowest BCUT2D eigenvalue weighted by Gasteiger charge is -2.13. The van der Waals surface area contributed by atoms with Crippen molar-refractivity contribution in [3.63, 3.8) is 0 Å². The molecule has 1 atom stereocenters. The van der Waals surface area contributed by atoms with E-state index in [0.29, 0.717) is 13.0 Å². The Morgan fingerprint density at radius 2 is 1.90 bits per heavy atom. The van der Waals surface area contributed by atoms with Crippen LogP contribution < -0.4 is 11.1 Å². The van der Waals surface area contributed by atoms with Gasteiger partial charge in [0.05, 0.1) is 6.04 Å². The van der Waals surface area contributed by atoms with Crippen molar-refractivity contribution in [1.29, 1.82) is 0 Å². The number of nitrogens with one attached hydrogen (secondary N) is 1. The highest BCUT2D eigenvalue weighted by molar-refractivity contribution is 5.81. The molecule has 0 aliphatic heterocycles. The lowest BCUT2D eigenvalue weighted by molar-refractivity contribution is -0.122. The second kappa shape index (κ2) is 7.55. The van der Waals surface area contributed by atoms with E-state index in [-0.39, 0.29) is 5.91 Å². The molecule has 1 aromatic carbocycles. The Morgan fingerprint density at radius 3 is 2.57 bits per heavy atom. The smallest absolute Gasteiger partial charge is 0.237 e. The van der Waals surface area contributed by atoms with Gasteiger partial charge >= 0.3 is 0 Å². The first-order valence-corrected chi connectivity index (χ1v) is 7.20. The highest BCUT2D eigenvalue weighted by Gasteiger charge is 2.14. The van der Waals surface area contributed by atoms with Gasteiger partial charge in [-0.1, -0.05) is 37.3 Å². The molecular formula is C17H21N3O. The van der Waals surface area contributed by atoms with Crippen LogP contribution in [0.4, 0.5) is 0 Å². The minimum atomic E-state index is -0.575. The van der Waals surface area contributed by atoms with Crippen LogP contribution in [0.15, 0.2) is 48.7 Å². The van der Waals surface area contributed by atoms with Crippen molar-refractivity contribution in [3.05, 3.63) is 65.5 Å². The van der Waals surface area contributed by atoms with Gasteiger partial charge in [0.25, 0.3) is 0 Å². The summed E-state index contributed by atoms with van der Waals surface area (Å²) in [6.07, 6.45) is 3.10. The quantitative estimate of drug-likeness (QED) is 0.850. The summed E-state index contributed by atoms with van der Waals surface area (Å²) in [4.78, 5) is 16.2. The summed E-state index contributed by atoms with van der Waals surface area (Å²) >= 11 is 0. The fourth-order valence-electron chi connectivity index (χ4n) is 2.23. The fraction of sp³-hybridized carbons (Fsp3) is 0.294. The van der Waals surface area contributed by atoms with Crippen molar-refractivity contribution >= 4 is 5.91 Å². The minimum absolute atomic E-state index is 0.147. The summed E-state index contributed by atoms with van der Waals surface area (Å²) in [6.45, 7) is 2.62. The molecule has 0 aliphatic rings. The molecule has 21 heavy (non-hydrogen) atoms. The van der Waals surface area contributed by atoms with E-state index < -0.39 is 6.04 Å². The van der Waals surface area contributed by atoms with E-state index in [2.05, 4.69) is 23.3 Å². The van der Waals surface area contributed by atoms with E-state index in [1.54, 1.807) is 6.20 Å². The van der Waals surface area contributed by atoms with Crippen molar-refractivity contribution < 1.29 is 4.79 Å². The highest BCUT2D eigenvalue weighted by atomic mass is 16.2. The molecule has 4 heteroatoms. The molecule has 0 saturated heterocycles. The van der Waals surface area contributed by atoms with Crippen LogP contribution >= 0.6 is 0 Å². The average Bonchev–Trinajstić information content (AvgIpc) is 2.53. The number of nitrogens with zero attached hydrogens (tertiary/aromatic N) is 1. The van der Waals surface area contributed by atoms with Crippen LogP contribution in [0.3, 0.4) is 0 Å². The normalized spacial score (nSPS) is 11.9. The van der Waals surface area contributed by atoms with Gasteiger partial charge in [0, 0.05) is 24.9 Å². The second-order valence-electron chi connectivity index (χ2n) is 4.97. The lowest BCUT2D eigenvalue weighted by Crippen LogP contribution is -2.41. The first-order chi connectivity index (χ1) is 10.2. The first-order valence-electron chi connectivity index (χ1n) is 7.20. The van der Waals surface area contributed by atoms with E-state index in [0.717, 1.165) is 17.7 Å². The molecule has 0 unspecified atom stereocenters. The molecule has 1 amide bonds. The third-order valence-electron chi connectivity index (χ3n) is 3.44. The molecule has 1 heterocycles. The summed E-state index contributed by atoms with van der Waals surface area (Å²) in [7, 11) is 0. The molecular weight excluding hydrogens is 262 g/mol. The highest BCUT2D eigenvalue weighted by Crippen LogP contribution is 2.09. The van der Waals surface area contributed by atoms with Gasteiger partial charge in [-0.3, -0.25) is 9.78 Å². The standard InChI is InChI=1S/C17H21N3O/c1-2-13-7-3-4-8-14(13)12-20-17(21)16(18)11-15-9-5-6-10-19-15/h3-10,16H,2,11-12,18H2,1H3,(H,20,21)/t16-/m0/s1. The van der Waals surface area contributed by atoms with Gasteiger partial charge in [-0.05, 0) is 29.7 Å². The summed E-state index contributed by atoms with van der Waals surface area (Å²) in [6, 6.07) is 13.1. The first kappa shape index (κ1) is 15.2. The summed E-state index contributed by atoms with van der Waals surface area (Å²) < 4.78 is 0. The predicted molar refractivity (Wildman–Crippen MR) is 83.6 cm³/mol. The largest absolute Gasteiger partial charge is 0.351 e. The number of aryl methyl sites for hydroxylation is 1. The summed E-state index contributed by atoms with van der Waals surface area (Å²) in [5, 5.41) is 2.90. The zero-order chi connectivity index (χ0) is 15.1. The minimum Gasteiger partial charge on any atom is -0.351 e. The van der Waals surface area contributed by atoms with E-state index in [9.17, 15) is 4.79 Å². The van der Waals surface area contributed by atoms with Gasteiger partial charge < -0.3 is 11.1 Å². The number of amides is 1. The lowest BCUT2D eigenvalue weighted by atomic mass is 10.1. The van der Waals surface area contributed by atoms with E-state index >= 15 is 0 Å². The van der Waals surface area contributed by atoms with Crippen LogP contribution in [0.5, 0.6) is 0 Å². The van der Waals surface area contributed by atoms with Gasteiger partial charge in [-0.2, -0.15) is 0 Å². The number of carbonyl (C=O) groups excluding carboxylic acids is 1. The van der Waals surface area contributed by atoms with E-state index in [4.69, 9.17) is 5.73 Å². The number of carbonyl (C=O) groups is 1. The van der Waals surface area contributed by atoms with Gasteiger partial charge in [0.2, 0.25) is 5.91 Å². The molecule has 0 radical (unpaired) electrons. The maximum Gasteiger partial charge on any atom is 0.237 e. The molecule has 4 nitrogen and oxygen atoms in total. The third-order valence-corrected chi connectivity index (χ3v) is 3.44. The Kier molecular flexibility index (Phi) is 5.46. The zero-order valence-electron chi connectivity index (χ0n) is 12.3.